The first-order valence-corrected chi connectivity index (χ1v) is 11.1. The zero-order valence-electron chi connectivity index (χ0n) is 16.2. The van der Waals surface area contributed by atoms with Crippen LogP contribution in [0.3, 0.4) is 0 Å². The van der Waals surface area contributed by atoms with Crippen LogP contribution in [0.1, 0.15) is 48.0 Å². The Kier molecular flexibility index (Phi) is 6.61. The largest absolute Gasteiger partial charge is 0.618 e. The van der Waals surface area contributed by atoms with E-state index in [4.69, 9.17) is 4.74 Å². The SMILES string of the molecule is CCOC(=O)c1c(NC(=O)C(C)Sc2cccc[n+]2[O-])sc2c1CCC(C)C2. The summed E-state index contributed by atoms with van der Waals surface area (Å²) in [6, 6.07) is 5.08. The van der Waals surface area contributed by atoms with E-state index in [1.807, 2.05) is 0 Å². The van der Waals surface area contributed by atoms with Crippen LogP contribution in [0, 0.1) is 11.1 Å². The number of anilines is 1. The van der Waals surface area contributed by atoms with E-state index in [-0.39, 0.29) is 18.5 Å². The lowest BCUT2D eigenvalue weighted by Crippen LogP contribution is -2.30. The highest BCUT2D eigenvalue weighted by molar-refractivity contribution is 8.00. The molecule has 2 aromatic rings. The molecule has 0 saturated carbocycles. The average Bonchev–Trinajstić information content (AvgIpc) is 3.00. The lowest BCUT2D eigenvalue weighted by Gasteiger charge is -2.18. The van der Waals surface area contributed by atoms with E-state index < -0.39 is 5.25 Å². The highest BCUT2D eigenvalue weighted by atomic mass is 32.2. The fourth-order valence-electron chi connectivity index (χ4n) is 3.21. The quantitative estimate of drug-likeness (QED) is 0.333. The zero-order valence-corrected chi connectivity index (χ0v) is 17.8. The molecule has 2 atom stereocenters. The van der Waals surface area contributed by atoms with Crippen molar-refractivity contribution < 1.29 is 19.1 Å². The lowest BCUT2D eigenvalue weighted by molar-refractivity contribution is -0.645. The van der Waals surface area contributed by atoms with Gasteiger partial charge in [-0.15, -0.1) is 11.3 Å². The van der Waals surface area contributed by atoms with Gasteiger partial charge in [-0.3, -0.25) is 4.79 Å². The Bertz CT molecular complexity index is 881. The molecule has 1 aliphatic carbocycles. The minimum atomic E-state index is -0.490. The van der Waals surface area contributed by atoms with Crippen LogP contribution in [0.4, 0.5) is 5.00 Å². The van der Waals surface area contributed by atoms with Gasteiger partial charge in [0.1, 0.15) is 5.00 Å². The van der Waals surface area contributed by atoms with Crippen molar-refractivity contribution in [1.29, 1.82) is 0 Å². The summed E-state index contributed by atoms with van der Waals surface area (Å²) in [5, 5.41) is 15.2. The highest BCUT2D eigenvalue weighted by Crippen LogP contribution is 2.40. The van der Waals surface area contributed by atoms with Gasteiger partial charge in [0, 0.05) is 17.0 Å². The molecule has 0 spiro atoms. The predicted octanol–water partition coefficient (Wildman–Crippen LogP) is 3.80. The third kappa shape index (κ3) is 4.50. The van der Waals surface area contributed by atoms with Crippen LogP contribution in [0.25, 0.3) is 0 Å². The maximum Gasteiger partial charge on any atom is 0.341 e. The van der Waals surface area contributed by atoms with Crippen molar-refractivity contribution in [1.82, 2.24) is 0 Å². The highest BCUT2D eigenvalue weighted by Gasteiger charge is 2.30. The number of aromatic nitrogens is 1. The maximum absolute atomic E-state index is 12.7. The van der Waals surface area contributed by atoms with Crippen LogP contribution >= 0.6 is 23.1 Å². The predicted molar refractivity (Wildman–Crippen MR) is 111 cm³/mol. The van der Waals surface area contributed by atoms with Crippen molar-refractivity contribution in [2.24, 2.45) is 5.92 Å². The van der Waals surface area contributed by atoms with Gasteiger partial charge in [-0.2, -0.15) is 4.73 Å². The summed E-state index contributed by atoms with van der Waals surface area (Å²) >= 11 is 2.65. The van der Waals surface area contributed by atoms with E-state index in [0.717, 1.165) is 34.4 Å². The summed E-state index contributed by atoms with van der Waals surface area (Å²) in [6.45, 7) is 6.00. The smallest absolute Gasteiger partial charge is 0.341 e. The van der Waals surface area contributed by atoms with Gasteiger partial charge in [0.25, 0.3) is 5.03 Å². The molecule has 1 N–H and O–H groups in total. The molecule has 150 valence electrons. The molecule has 2 unspecified atom stereocenters. The van der Waals surface area contributed by atoms with Crippen LogP contribution in [0.2, 0.25) is 0 Å². The van der Waals surface area contributed by atoms with Gasteiger partial charge in [0.2, 0.25) is 5.91 Å². The zero-order chi connectivity index (χ0) is 20.3. The number of esters is 1. The minimum absolute atomic E-state index is 0.244. The Morgan fingerprint density at radius 3 is 2.96 bits per heavy atom. The summed E-state index contributed by atoms with van der Waals surface area (Å²) in [5.41, 5.74) is 1.51. The minimum Gasteiger partial charge on any atom is -0.618 e. The van der Waals surface area contributed by atoms with Gasteiger partial charge in [-0.25, -0.2) is 4.79 Å². The third-order valence-corrected chi connectivity index (χ3v) is 6.98. The average molecular weight is 421 g/mol. The summed E-state index contributed by atoms with van der Waals surface area (Å²) in [5.74, 6) is -0.0681. The number of carbonyl (C=O) groups excluding carboxylic acids is 2. The van der Waals surface area contributed by atoms with Crippen molar-refractivity contribution in [3.8, 4) is 0 Å². The topological polar surface area (TPSA) is 82.3 Å². The third-order valence-electron chi connectivity index (χ3n) is 4.68. The molecule has 2 heterocycles. The molecule has 3 rings (SSSR count). The van der Waals surface area contributed by atoms with E-state index >= 15 is 0 Å². The van der Waals surface area contributed by atoms with Gasteiger partial charge in [-0.05, 0) is 62.4 Å². The molecule has 1 aliphatic rings. The van der Waals surface area contributed by atoms with Crippen molar-refractivity contribution in [3.63, 3.8) is 0 Å². The van der Waals surface area contributed by atoms with Gasteiger partial charge in [0.05, 0.1) is 17.4 Å². The molecule has 0 fully saturated rings. The molecule has 0 bridgehead atoms. The molecule has 0 aromatic carbocycles. The number of carbonyl (C=O) groups is 2. The van der Waals surface area contributed by atoms with E-state index in [1.54, 1.807) is 32.0 Å². The van der Waals surface area contributed by atoms with Crippen molar-refractivity contribution in [2.45, 2.75) is 50.3 Å². The molecular formula is C20H24N2O4S2. The van der Waals surface area contributed by atoms with Crippen LogP contribution in [-0.2, 0) is 22.4 Å². The second kappa shape index (κ2) is 8.96. The van der Waals surface area contributed by atoms with Gasteiger partial charge >= 0.3 is 5.97 Å². The maximum atomic E-state index is 12.7. The van der Waals surface area contributed by atoms with E-state index in [2.05, 4.69) is 12.2 Å². The number of ether oxygens (including phenoxy) is 1. The molecular weight excluding hydrogens is 396 g/mol. The first kappa shape index (κ1) is 20.7. The van der Waals surface area contributed by atoms with Crippen molar-refractivity contribution in [2.75, 3.05) is 11.9 Å². The van der Waals surface area contributed by atoms with Crippen LogP contribution in [0.15, 0.2) is 29.4 Å². The number of pyridine rings is 1. The number of thiophene rings is 1. The standard InChI is InChI=1S/C20H24N2O4S2/c1-4-26-20(24)17-14-9-8-12(2)11-15(14)28-19(17)21-18(23)13(3)27-16-7-5-6-10-22(16)25/h5-7,10,12-13H,4,8-9,11H2,1-3H3,(H,21,23). The second-order valence-electron chi connectivity index (χ2n) is 6.89. The van der Waals surface area contributed by atoms with Crippen molar-refractivity contribution in [3.05, 3.63) is 45.6 Å². The Labute approximate surface area is 172 Å². The summed E-state index contributed by atoms with van der Waals surface area (Å²) < 4.78 is 5.98. The van der Waals surface area contributed by atoms with Gasteiger partial charge < -0.3 is 15.3 Å². The van der Waals surface area contributed by atoms with E-state index in [9.17, 15) is 14.8 Å². The monoisotopic (exact) mass is 420 g/mol. The number of nitrogens with one attached hydrogen (secondary N) is 1. The molecule has 8 heteroatoms. The number of hydrogen-bond acceptors (Lipinski definition) is 6. The molecule has 0 saturated heterocycles. The van der Waals surface area contributed by atoms with Crippen LogP contribution in [0.5, 0.6) is 0 Å². The first-order chi connectivity index (χ1) is 13.4. The normalized spacial score (nSPS) is 16.9. The summed E-state index contributed by atoms with van der Waals surface area (Å²) in [4.78, 5) is 26.5. The fraction of sp³-hybridized carbons (Fsp3) is 0.450. The molecule has 6 nitrogen and oxygen atoms in total. The number of thioether (sulfide) groups is 1. The van der Waals surface area contributed by atoms with Crippen molar-refractivity contribution >= 4 is 40.0 Å². The van der Waals surface area contributed by atoms with Crippen LogP contribution in [-0.4, -0.2) is 23.7 Å². The number of fused-ring (bicyclic) bond motifs is 1. The molecule has 2 aromatic heterocycles. The Morgan fingerprint density at radius 1 is 1.46 bits per heavy atom. The van der Waals surface area contributed by atoms with Crippen LogP contribution < -0.4 is 10.0 Å². The van der Waals surface area contributed by atoms with Gasteiger partial charge in [0.15, 0.2) is 6.20 Å². The second-order valence-corrected chi connectivity index (χ2v) is 9.36. The summed E-state index contributed by atoms with van der Waals surface area (Å²) in [6.07, 6.45) is 4.15. The van der Waals surface area contributed by atoms with E-state index in [1.165, 1.54) is 29.3 Å². The Hall–Kier alpha value is -2.06. The first-order valence-electron chi connectivity index (χ1n) is 9.38. The summed E-state index contributed by atoms with van der Waals surface area (Å²) in [7, 11) is 0. The molecule has 0 aliphatic heterocycles. The number of nitrogens with zero attached hydrogens (tertiary/aromatic N) is 1. The molecule has 28 heavy (non-hydrogen) atoms. The van der Waals surface area contributed by atoms with E-state index in [0.29, 0.717) is 21.5 Å². The lowest BCUT2D eigenvalue weighted by atomic mass is 9.88. The molecule has 1 amide bonds. The Morgan fingerprint density at radius 2 is 2.25 bits per heavy atom. The molecule has 0 radical (unpaired) electrons. The fourth-order valence-corrected chi connectivity index (χ4v) is 5.46. The number of hydrogen-bond donors (Lipinski definition) is 1. The number of rotatable bonds is 6. The van der Waals surface area contributed by atoms with Gasteiger partial charge in [-0.1, -0.05) is 6.92 Å². The number of amides is 1. The Balaban J connectivity index is 1.81.